The number of aliphatic carboxylic acids is 1. The van der Waals surface area contributed by atoms with Gasteiger partial charge >= 0.3 is 5.97 Å². The molecule has 0 aliphatic rings. The number of carbonyl (C=O) groups excluding carboxylic acids is 1. The van der Waals surface area contributed by atoms with Crippen molar-refractivity contribution in [2.24, 2.45) is 0 Å². The van der Waals surface area contributed by atoms with Crippen LogP contribution in [0.15, 0.2) is 0 Å². The third-order valence-electron chi connectivity index (χ3n) is 0.510. The Labute approximate surface area is 51.9 Å². The number of rotatable bonds is 0. The van der Waals surface area contributed by atoms with Gasteiger partial charge in [-0.3, -0.25) is 4.79 Å². The van der Waals surface area contributed by atoms with Crippen LogP contribution in [-0.2, 0) is 9.59 Å². The third kappa shape index (κ3) is 4.35. The lowest BCUT2D eigenvalue weighted by Crippen LogP contribution is -2.15. The summed E-state index contributed by atoms with van der Waals surface area (Å²) in [4.78, 5) is 19.8. The van der Waals surface area contributed by atoms with Crippen LogP contribution in [0.3, 0.4) is 0 Å². The predicted molar refractivity (Wildman–Crippen MR) is 29.5 cm³/mol. The fourth-order valence-electron chi connectivity index (χ4n) is 0.173. The number of hydrogen-bond donors (Lipinski definition) is 2. The van der Waals surface area contributed by atoms with Gasteiger partial charge in [0, 0.05) is 18.9 Å². The first kappa shape index (κ1) is 7.50. The van der Waals surface area contributed by atoms with Gasteiger partial charge in [-0.15, -0.1) is 0 Å². The molecule has 0 aliphatic heterocycles. The Morgan fingerprint density at radius 2 is 2.00 bits per heavy atom. The second kappa shape index (κ2) is 3.50. The average Bonchev–Trinajstić information content (AvgIpc) is 1.83. The maximum Gasteiger partial charge on any atom is 0.382 e. The van der Waals surface area contributed by atoms with E-state index in [1.807, 2.05) is 5.92 Å². The average molecular weight is 127 g/mol. The summed E-state index contributed by atoms with van der Waals surface area (Å²) in [6.45, 7) is 0. The summed E-state index contributed by atoms with van der Waals surface area (Å²) < 4.78 is 0. The SMILES string of the molecule is CNC(=O)C#CC(=O)O. The van der Waals surface area contributed by atoms with E-state index in [2.05, 4.69) is 5.32 Å². The Morgan fingerprint density at radius 3 is 2.33 bits per heavy atom. The zero-order chi connectivity index (χ0) is 7.28. The van der Waals surface area contributed by atoms with E-state index >= 15 is 0 Å². The number of hydrogen-bond acceptors (Lipinski definition) is 2. The molecule has 0 aromatic carbocycles. The minimum Gasteiger partial charge on any atom is -0.472 e. The van der Waals surface area contributed by atoms with Crippen molar-refractivity contribution in [2.75, 3.05) is 7.05 Å². The molecule has 0 aromatic rings. The molecule has 0 unspecified atom stereocenters. The number of amides is 1. The van der Waals surface area contributed by atoms with Crippen molar-refractivity contribution >= 4 is 11.9 Å². The Kier molecular flexibility index (Phi) is 2.91. The number of carboxylic acid groups (broad SMARTS) is 1. The van der Waals surface area contributed by atoms with E-state index in [0.717, 1.165) is 0 Å². The Balaban J connectivity index is 3.88. The second-order valence-electron chi connectivity index (χ2n) is 1.13. The van der Waals surface area contributed by atoms with Gasteiger partial charge < -0.3 is 10.4 Å². The van der Waals surface area contributed by atoms with Crippen molar-refractivity contribution in [3.63, 3.8) is 0 Å². The van der Waals surface area contributed by atoms with Crippen molar-refractivity contribution in [1.29, 1.82) is 0 Å². The van der Waals surface area contributed by atoms with E-state index in [1.165, 1.54) is 7.05 Å². The topological polar surface area (TPSA) is 66.4 Å². The van der Waals surface area contributed by atoms with Crippen LogP contribution in [0.2, 0.25) is 0 Å². The molecule has 0 fully saturated rings. The first-order chi connectivity index (χ1) is 4.16. The summed E-state index contributed by atoms with van der Waals surface area (Å²) in [6.07, 6.45) is 0. The van der Waals surface area contributed by atoms with Gasteiger partial charge in [0.1, 0.15) is 0 Å². The molecular formula is C5H5NO3. The van der Waals surface area contributed by atoms with Gasteiger partial charge in [0.05, 0.1) is 0 Å². The maximum atomic E-state index is 10.2. The van der Waals surface area contributed by atoms with Crippen LogP contribution in [0.1, 0.15) is 0 Å². The smallest absolute Gasteiger partial charge is 0.382 e. The molecule has 0 heterocycles. The number of nitrogens with one attached hydrogen (secondary N) is 1. The summed E-state index contributed by atoms with van der Waals surface area (Å²) in [6, 6.07) is 0. The summed E-state index contributed by atoms with van der Waals surface area (Å²) in [5.41, 5.74) is 0. The number of carbonyl (C=O) groups is 2. The van der Waals surface area contributed by atoms with Gasteiger partial charge in [-0.05, 0) is 0 Å². The Morgan fingerprint density at radius 1 is 1.44 bits per heavy atom. The number of carboxylic acids is 1. The molecule has 0 saturated heterocycles. The summed E-state index contributed by atoms with van der Waals surface area (Å²) in [5, 5.41) is 10.0. The first-order valence-corrected chi connectivity index (χ1v) is 2.13. The molecule has 0 rings (SSSR count). The van der Waals surface area contributed by atoms with Gasteiger partial charge in [0.15, 0.2) is 0 Å². The highest BCUT2D eigenvalue weighted by atomic mass is 16.4. The highest BCUT2D eigenvalue weighted by Gasteiger charge is 1.88. The van der Waals surface area contributed by atoms with Gasteiger partial charge in [-0.2, -0.15) is 0 Å². The van der Waals surface area contributed by atoms with E-state index in [-0.39, 0.29) is 0 Å². The molecule has 0 aliphatic carbocycles. The molecule has 0 spiro atoms. The van der Waals surface area contributed by atoms with Crippen molar-refractivity contribution < 1.29 is 14.7 Å². The normalized spacial score (nSPS) is 6.78. The lowest BCUT2D eigenvalue weighted by Gasteiger charge is -1.81. The van der Waals surface area contributed by atoms with Crippen LogP contribution in [0, 0.1) is 11.8 Å². The molecule has 1 amide bonds. The fourth-order valence-corrected chi connectivity index (χ4v) is 0.173. The molecule has 0 radical (unpaired) electrons. The highest BCUT2D eigenvalue weighted by molar-refractivity contribution is 5.99. The van der Waals surface area contributed by atoms with Gasteiger partial charge in [-0.25, -0.2) is 4.79 Å². The summed E-state index contributed by atoms with van der Waals surface area (Å²) in [7, 11) is 1.37. The van der Waals surface area contributed by atoms with Gasteiger partial charge in [0.25, 0.3) is 5.91 Å². The second-order valence-corrected chi connectivity index (χ2v) is 1.13. The van der Waals surface area contributed by atoms with E-state index < -0.39 is 11.9 Å². The van der Waals surface area contributed by atoms with E-state index in [9.17, 15) is 9.59 Å². The molecule has 9 heavy (non-hydrogen) atoms. The van der Waals surface area contributed by atoms with Crippen molar-refractivity contribution in [3.8, 4) is 11.8 Å². The zero-order valence-corrected chi connectivity index (χ0v) is 4.76. The summed E-state index contributed by atoms with van der Waals surface area (Å²) >= 11 is 0. The van der Waals surface area contributed by atoms with Crippen LogP contribution in [0.4, 0.5) is 0 Å². The summed E-state index contributed by atoms with van der Waals surface area (Å²) in [5.74, 6) is 1.58. The zero-order valence-electron chi connectivity index (χ0n) is 4.76. The molecule has 2 N–H and O–H groups in total. The Hall–Kier alpha value is -1.50. The van der Waals surface area contributed by atoms with Crippen LogP contribution >= 0.6 is 0 Å². The molecule has 0 aromatic heterocycles. The predicted octanol–water partition coefficient (Wildman–Crippen LogP) is -1.18. The molecule has 4 nitrogen and oxygen atoms in total. The minimum absolute atomic E-state index is 0.600. The largest absolute Gasteiger partial charge is 0.472 e. The van der Waals surface area contributed by atoms with Crippen LogP contribution < -0.4 is 5.32 Å². The standard InChI is InChI=1S/C5H5NO3/c1-6-4(7)2-3-5(8)9/h1H3,(H,6,7)(H,8,9). The van der Waals surface area contributed by atoms with E-state index in [1.54, 1.807) is 5.92 Å². The monoisotopic (exact) mass is 127 g/mol. The third-order valence-corrected chi connectivity index (χ3v) is 0.510. The van der Waals surface area contributed by atoms with Gasteiger partial charge in [0.2, 0.25) is 0 Å². The molecule has 48 valence electrons. The van der Waals surface area contributed by atoms with Crippen molar-refractivity contribution in [3.05, 3.63) is 0 Å². The quantitative estimate of drug-likeness (QED) is 0.402. The van der Waals surface area contributed by atoms with E-state index in [4.69, 9.17) is 5.11 Å². The molecule has 4 heteroatoms. The molecule has 0 bridgehead atoms. The minimum atomic E-state index is -1.31. The van der Waals surface area contributed by atoms with Crippen molar-refractivity contribution in [2.45, 2.75) is 0 Å². The van der Waals surface area contributed by atoms with E-state index in [0.29, 0.717) is 0 Å². The van der Waals surface area contributed by atoms with Crippen LogP contribution in [0.5, 0.6) is 0 Å². The fraction of sp³-hybridized carbons (Fsp3) is 0.200. The molecular weight excluding hydrogens is 122 g/mol. The molecule has 0 saturated carbocycles. The maximum absolute atomic E-state index is 10.2. The lowest BCUT2D eigenvalue weighted by molar-refractivity contribution is -0.130. The molecule has 0 atom stereocenters. The Bertz CT molecular complexity index is 186. The lowest BCUT2D eigenvalue weighted by atomic mass is 10.5. The highest BCUT2D eigenvalue weighted by Crippen LogP contribution is 1.58. The van der Waals surface area contributed by atoms with Crippen molar-refractivity contribution in [1.82, 2.24) is 5.32 Å². The first-order valence-electron chi connectivity index (χ1n) is 2.13. The van der Waals surface area contributed by atoms with Crippen LogP contribution in [0.25, 0.3) is 0 Å². The van der Waals surface area contributed by atoms with Crippen LogP contribution in [-0.4, -0.2) is 24.0 Å². The van der Waals surface area contributed by atoms with Gasteiger partial charge in [-0.1, -0.05) is 0 Å².